The van der Waals surface area contributed by atoms with Gasteiger partial charge in [-0.2, -0.15) is 11.8 Å². The summed E-state index contributed by atoms with van der Waals surface area (Å²) < 4.78 is 18.7. The molecule has 9 heteroatoms. The Morgan fingerprint density at radius 3 is 2.34 bits per heavy atom. The Kier molecular flexibility index (Phi) is 8.47. The van der Waals surface area contributed by atoms with Gasteiger partial charge in [-0.1, -0.05) is 12.1 Å². The van der Waals surface area contributed by atoms with Gasteiger partial charge in [0.25, 0.3) is 17.7 Å². The predicted molar refractivity (Wildman–Crippen MR) is 109 cm³/mol. The Morgan fingerprint density at radius 1 is 1.03 bits per heavy atom. The van der Waals surface area contributed by atoms with Crippen LogP contribution in [0, 0.1) is 5.82 Å². The summed E-state index contributed by atoms with van der Waals surface area (Å²) in [5.41, 5.74) is 4.58. The van der Waals surface area contributed by atoms with Crippen LogP contribution in [0.5, 0.6) is 5.75 Å². The Hall–Kier alpha value is -3.07. The number of benzene rings is 2. The average molecular weight is 419 g/mol. The lowest BCUT2D eigenvalue weighted by atomic mass is 10.1. The van der Waals surface area contributed by atoms with Crippen molar-refractivity contribution in [3.63, 3.8) is 0 Å². The van der Waals surface area contributed by atoms with Gasteiger partial charge in [0, 0.05) is 5.56 Å². The van der Waals surface area contributed by atoms with Crippen LogP contribution in [0.4, 0.5) is 4.39 Å². The van der Waals surface area contributed by atoms with E-state index in [1.165, 1.54) is 37.1 Å². The fourth-order valence-electron chi connectivity index (χ4n) is 2.41. The third kappa shape index (κ3) is 6.49. The van der Waals surface area contributed by atoms with E-state index >= 15 is 0 Å². The number of thioether (sulfide) groups is 1. The van der Waals surface area contributed by atoms with Crippen molar-refractivity contribution >= 4 is 29.5 Å². The molecule has 0 saturated carbocycles. The van der Waals surface area contributed by atoms with Crippen LogP contribution in [0.1, 0.15) is 27.1 Å². The minimum atomic E-state index is -0.877. The molecule has 7 nitrogen and oxygen atoms in total. The lowest BCUT2D eigenvalue weighted by molar-refractivity contribution is -0.123. The standard InChI is InChI=1S/C20H22FN3O4S/c1-28-14-9-7-13(8-10-14)18(25)22-17(11-12-29-2)20(27)24-23-19(26)15-5-3-4-6-16(15)21/h3-10,17H,11-12H2,1-2H3,(H,22,25)(H,23,26)(H,24,27)/t17-/m1/s1. The molecule has 3 N–H and O–H groups in total. The average Bonchev–Trinajstić information content (AvgIpc) is 2.74. The first-order valence-corrected chi connectivity index (χ1v) is 10.1. The van der Waals surface area contributed by atoms with Gasteiger partial charge in [0.15, 0.2) is 0 Å². The first kappa shape index (κ1) is 22.2. The number of amides is 3. The minimum Gasteiger partial charge on any atom is -0.497 e. The highest BCUT2D eigenvalue weighted by molar-refractivity contribution is 7.98. The summed E-state index contributed by atoms with van der Waals surface area (Å²) in [6, 6.07) is 11.0. The van der Waals surface area contributed by atoms with Gasteiger partial charge in [-0.15, -0.1) is 0 Å². The van der Waals surface area contributed by atoms with Crippen molar-refractivity contribution in [3.05, 3.63) is 65.5 Å². The lowest BCUT2D eigenvalue weighted by Crippen LogP contribution is -2.52. The lowest BCUT2D eigenvalue weighted by Gasteiger charge is -2.18. The maximum Gasteiger partial charge on any atom is 0.272 e. The van der Waals surface area contributed by atoms with Gasteiger partial charge in [0.05, 0.1) is 12.7 Å². The Labute approximate surface area is 172 Å². The molecule has 2 rings (SSSR count). The Bertz CT molecular complexity index is 861. The van der Waals surface area contributed by atoms with Crippen LogP contribution < -0.4 is 20.9 Å². The largest absolute Gasteiger partial charge is 0.497 e. The van der Waals surface area contributed by atoms with Gasteiger partial charge in [0.2, 0.25) is 0 Å². The van der Waals surface area contributed by atoms with Gasteiger partial charge in [0.1, 0.15) is 17.6 Å². The molecule has 2 aromatic carbocycles. The quantitative estimate of drug-likeness (QED) is 0.570. The molecule has 29 heavy (non-hydrogen) atoms. The third-order valence-corrected chi connectivity index (χ3v) is 4.65. The fourth-order valence-corrected chi connectivity index (χ4v) is 2.88. The van der Waals surface area contributed by atoms with Crippen LogP contribution in [0.2, 0.25) is 0 Å². The number of halogens is 1. The van der Waals surface area contributed by atoms with Gasteiger partial charge < -0.3 is 10.1 Å². The topological polar surface area (TPSA) is 96.5 Å². The van der Waals surface area contributed by atoms with Crippen molar-refractivity contribution < 1.29 is 23.5 Å². The van der Waals surface area contributed by atoms with Crippen molar-refractivity contribution in [2.24, 2.45) is 0 Å². The van der Waals surface area contributed by atoms with E-state index in [1.54, 1.807) is 24.3 Å². The van der Waals surface area contributed by atoms with Crippen LogP contribution in [-0.4, -0.2) is 42.9 Å². The summed E-state index contributed by atoms with van der Waals surface area (Å²) in [5.74, 6) is -1.32. The van der Waals surface area contributed by atoms with Crippen molar-refractivity contribution in [2.45, 2.75) is 12.5 Å². The molecule has 0 fully saturated rings. The van der Waals surface area contributed by atoms with Gasteiger partial charge in [-0.25, -0.2) is 4.39 Å². The van der Waals surface area contributed by atoms with E-state index in [0.29, 0.717) is 23.5 Å². The van der Waals surface area contributed by atoms with Gasteiger partial charge >= 0.3 is 0 Å². The molecule has 0 spiro atoms. The Morgan fingerprint density at radius 2 is 1.72 bits per heavy atom. The van der Waals surface area contributed by atoms with Crippen molar-refractivity contribution in [1.29, 1.82) is 0 Å². The highest BCUT2D eigenvalue weighted by atomic mass is 32.2. The first-order chi connectivity index (χ1) is 14.0. The second kappa shape index (κ2) is 11.1. The number of methoxy groups -OCH3 is 1. The number of hydrazine groups is 1. The number of ether oxygens (including phenoxy) is 1. The molecule has 0 radical (unpaired) electrons. The number of hydrogen-bond donors (Lipinski definition) is 3. The number of carbonyl (C=O) groups is 3. The van der Waals surface area contributed by atoms with E-state index in [2.05, 4.69) is 16.2 Å². The van der Waals surface area contributed by atoms with E-state index in [9.17, 15) is 18.8 Å². The third-order valence-electron chi connectivity index (χ3n) is 4.00. The molecule has 3 amide bonds. The predicted octanol–water partition coefficient (Wildman–Crippen LogP) is 2.15. The molecule has 0 saturated heterocycles. The molecule has 2 aromatic rings. The maximum absolute atomic E-state index is 13.7. The van der Waals surface area contributed by atoms with E-state index < -0.39 is 29.6 Å². The molecule has 1 atom stereocenters. The van der Waals surface area contributed by atoms with Crippen molar-refractivity contribution in [2.75, 3.05) is 19.1 Å². The smallest absolute Gasteiger partial charge is 0.272 e. The molecular weight excluding hydrogens is 397 g/mol. The summed E-state index contributed by atoms with van der Waals surface area (Å²) in [6.45, 7) is 0. The summed E-state index contributed by atoms with van der Waals surface area (Å²) in [5, 5.41) is 2.65. The first-order valence-electron chi connectivity index (χ1n) is 8.74. The molecule has 0 aliphatic rings. The number of hydrogen-bond acceptors (Lipinski definition) is 5. The molecule has 0 heterocycles. The van der Waals surface area contributed by atoms with Gasteiger partial charge in [-0.05, 0) is 54.8 Å². The highest BCUT2D eigenvalue weighted by Crippen LogP contribution is 2.12. The fraction of sp³-hybridized carbons (Fsp3) is 0.250. The monoisotopic (exact) mass is 419 g/mol. The van der Waals surface area contributed by atoms with Crippen molar-refractivity contribution in [1.82, 2.24) is 16.2 Å². The van der Waals surface area contributed by atoms with E-state index in [-0.39, 0.29) is 5.56 Å². The number of nitrogens with one attached hydrogen (secondary N) is 3. The zero-order chi connectivity index (χ0) is 21.2. The van der Waals surface area contributed by atoms with Crippen LogP contribution in [-0.2, 0) is 4.79 Å². The van der Waals surface area contributed by atoms with E-state index in [4.69, 9.17) is 4.74 Å². The second-order valence-electron chi connectivity index (χ2n) is 5.96. The zero-order valence-corrected chi connectivity index (χ0v) is 16.8. The van der Waals surface area contributed by atoms with Crippen LogP contribution >= 0.6 is 11.8 Å². The summed E-state index contributed by atoms with van der Waals surface area (Å²) in [6.07, 6.45) is 2.23. The second-order valence-corrected chi connectivity index (χ2v) is 6.94. The normalized spacial score (nSPS) is 11.3. The zero-order valence-electron chi connectivity index (χ0n) is 16.0. The molecule has 0 bridgehead atoms. The molecule has 0 unspecified atom stereocenters. The summed E-state index contributed by atoms with van der Waals surface area (Å²) in [7, 11) is 1.52. The molecule has 154 valence electrons. The molecule has 0 aliphatic heterocycles. The van der Waals surface area contributed by atoms with Crippen LogP contribution in [0.25, 0.3) is 0 Å². The molecule has 0 aliphatic carbocycles. The molecular formula is C20H22FN3O4S. The van der Waals surface area contributed by atoms with Gasteiger partial charge in [-0.3, -0.25) is 25.2 Å². The maximum atomic E-state index is 13.7. The number of rotatable bonds is 8. The minimum absolute atomic E-state index is 0.198. The SMILES string of the molecule is COc1ccc(C(=O)N[C@H](CCSC)C(=O)NNC(=O)c2ccccc2F)cc1. The highest BCUT2D eigenvalue weighted by Gasteiger charge is 2.22. The van der Waals surface area contributed by atoms with Crippen LogP contribution in [0.3, 0.4) is 0 Å². The van der Waals surface area contributed by atoms with E-state index in [1.807, 2.05) is 6.26 Å². The van der Waals surface area contributed by atoms with Crippen LogP contribution in [0.15, 0.2) is 48.5 Å². The van der Waals surface area contributed by atoms with E-state index in [0.717, 1.165) is 6.07 Å². The number of carbonyl (C=O) groups excluding carboxylic acids is 3. The summed E-state index contributed by atoms with van der Waals surface area (Å²) in [4.78, 5) is 37.0. The van der Waals surface area contributed by atoms with Crippen molar-refractivity contribution in [3.8, 4) is 5.75 Å². The summed E-state index contributed by atoms with van der Waals surface area (Å²) >= 11 is 1.51. The molecule has 0 aromatic heterocycles. The Balaban J connectivity index is 2.00.